The van der Waals surface area contributed by atoms with Crippen LogP contribution in [0.2, 0.25) is 0 Å². The number of nitrogens with zero attached hydrogens (tertiary/aromatic N) is 1. The first-order valence-electron chi connectivity index (χ1n) is 6.49. The third-order valence-corrected chi connectivity index (χ3v) is 3.64. The molecule has 0 spiro atoms. The molecule has 0 radical (unpaired) electrons. The Bertz CT molecular complexity index is 712. The van der Waals surface area contributed by atoms with Gasteiger partial charge in [0.15, 0.2) is 0 Å². The number of hydrogen-bond donors (Lipinski definition) is 2. The van der Waals surface area contributed by atoms with Crippen LogP contribution in [-0.2, 0) is 0 Å². The molecule has 0 bridgehead atoms. The average Bonchev–Trinajstić information content (AvgIpc) is 2.52. The first-order chi connectivity index (χ1) is 10.5. The van der Waals surface area contributed by atoms with Crippen LogP contribution in [-0.4, -0.2) is 23.8 Å². The van der Waals surface area contributed by atoms with Gasteiger partial charge < -0.3 is 9.84 Å². The van der Waals surface area contributed by atoms with E-state index in [0.29, 0.717) is 21.5 Å². The molecule has 0 aliphatic rings. The van der Waals surface area contributed by atoms with Crippen LogP contribution in [0.5, 0.6) is 11.5 Å². The molecule has 5 nitrogen and oxygen atoms in total. The second-order valence-electron chi connectivity index (χ2n) is 4.53. The van der Waals surface area contributed by atoms with Gasteiger partial charge in [0.2, 0.25) is 0 Å². The Morgan fingerprint density at radius 1 is 1.18 bits per heavy atom. The molecule has 1 amide bonds. The van der Waals surface area contributed by atoms with Crippen molar-refractivity contribution in [2.75, 3.05) is 7.11 Å². The molecule has 0 unspecified atom stereocenters. The van der Waals surface area contributed by atoms with E-state index in [2.05, 4.69) is 26.5 Å². The number of aromatic hydroxyl groups is 1. The van der Waals surface area contributed by atoms with Crippen molar-refractivity contribution in [1.82, 2.24) is 5.43 Å². The van der Waals surface area contributed by atoms with Gasteiger partial charge in [-0.25, -0.2) is 5.43 Å². The summed E-state index contributed by atoms with van der Waals surface area (Å²) in [5.41, 5.74) is 4.42. The quantitative estimate of drug-likeness (QED) is 0.647. The highest BCUT2D eigenvalue weighted by Crippen LogP contribution is 2.25. The molecule has 0 fully saturated rings. The van der Waals surface area contributed by atoms with Gasteiger partial charge in [0, 0.05) is 5.56 Å². The maximum absolute atomic E-state index is 12.1. The zero-order valence-corrected chi connectivity index (χ0v) is 13.7. The fourth-order valence-electron chi connectivity index (χ4n) is 1.77. The number of nitrogens with one attached hydrogen (secondary N) is 1. The highest BCUT2D eigenvalue weighted by atomic mass is 79.9. The standard InChI is InChI=1S/C16H15BrN2O3/c1-10(11-3-6-13(20)7-4-11)18-19-16(21)12-5-8-15(22-2)14(17)9-12/h3-9,20H,1-2H3,(H,19,21)/b18-10+. The summed E-state index contributed by atoms with van der Waals surface area (Å²) in [6.45, 7) is 1.77. The second kappa shape index (κ2) is 7.09. The Balaban J connectivity index is 2.10. The van der Waals surface area contributed by atoms with Gasteiger partial charge in [-0.3, -0.25) is 4.79 Å². The van der Waals surface area contributed by atoms with Crippen molar-refractivity contribution >= 4 is 27.5 Å². The Labute approximate surface area is 136 Å². The van der Waals surface area contributed by atoms with Crippen molar-refractivity contribution in [3.05, 3.63) is 58.1 Å². The molecule has 0 aliphatic heterocycles. The molecule has 2 aromatic rings. The molecule has 114 valence electrons. The van der Waals surface area contributed by atoms with E-state index >= 15 is 0 Å². The Kier molecular flexibility index (Phi) is 5.16. The monoisotopic (exact) mass is 362 g/mol. The lowest BCUT2D eigenvalue weighted by Crippen LogP contribution is -2.19. The van der Waals surface area contributed by atoms with E-state index in [4.69, 9.17) is 4.74 Å². The lowest BCUT2D eigenvalue weighted by molar-refractivity contribution is 0.0954. The maximum Gasteiger partial charge on any atom is 0.271 e. The fraction of sp³-hybridized carbons (Fsp3) is 0.125. The molecule has 6 heteroatoms. The first kappa shape index (κ1) is 16.0. The minimum absolute atomic E-state index is 0.184. The van der Waals surface area contributed by atoms with Crippen LogP contribution in [0.3, 0.4) is 0 Å². The van der Waals surface area contributed by atoms with Gasteiger partial charge in [0.25, 0.3) is 5.91 Å². The second-order valence-corrected chi connectivity index (χ2v) is 5.39. The molecule has 0 atom stereocenters. The van der Waals surface area contributed by atoms with E-state index in [1.165, 1.54) is 0 Å². The topological polar surface area (TPSA) is 70.9 Å². The van der Waals surface area contributed by atoms with E-state index in [-0.39, 0.29) is 11.7 Å². The lowest BCUT2D eigenvalue weighted by Gasteiger charge is -2.06. The Morgan fingerprint density at radius 2 is 1.82 bits per heavy atom. The van der Waals surface area contributed by atoms with Crippen molar-refractivity contribution in [3.63, 3.8) is 0 Å². The summed E-state index contributed by atoms with van der Waals surface area (Å²) in [6.07, 6.45) is 0. The number of halogens is 1. The van der Waals surface area contributed by atoms with E-state index < -0.39 is 0 Å². The van der Waals surface area contributed by atoms with Gasteiger partial charge in [-0.1, -0.05) is 0 Å². The number of rotatable bonds is 4. The third kappa shape index (κ3) is 3.85. The zero-order valence-electron chi connectivity index (χ0n) is 12.1. The van der Waals surface area contributed by atoms with Crippen molar-refractivity contribution in [1.29, 1.82) is 0 Å². The largest absolute Gasteiger partial charge is 0.508 e. The number of ether oxygens (including phenoxy) is 1. The van der Waals surface area contributed by atoms with Gasteiger partial charge in [-0.05, 0) is 70.9 Å². The number of methoxy groups -OCH3 is 1. The molecule has 2 rings (SSSR count). The van der Waals surface area contributed by atoms with Crippen molar-refractivity contribution in [3.8, 4) is 11.5 Å². The minimum atomic E-state index is -0.318. The van der Waals surface area contributed by atoms with Crippen LogP contribution >= 0.6 is 15.9 Å². The van der Waals surface area contributed by atoms with Crippen LogP contribution in [0.4, 0.5) is 0 Å². The molecule has 2 N–H and O–H groups in total. The van der Waals surface area contributed by atoms with E-state index in [9.17, 15) is 9.90 Å². The van der Waals surface area contributed by atoms with Crippen LogP contribution in [0.25, 0.3) is 0 Å². The Hall–Kier alpha value is -2.34. The van der Waals surface area contributed by atoms with Gasteiger partial charge in [0.05, 0.1) is 17.3 Å². The number of benzene rings is 2. The SMILES string of the molecule is COc1ccc(C(=O)N/N=C(\C)c2ccc(O)cc2)cc1Br. The van der Waals surface area contributed by atoms with E-state index in [1.807, 2.05) is 0 Å². The number of hydrogen-bond acceptors (Lipinski definition) is 4. The predicted octanol–water partition coefficient (Wildman–Crippen LogP) is 3.32. The minimum Gasteiger partial charge on any atom is -0.508 e. The third-order valence-electron chi connectivity index (χ3n) is 3.02. The molecule has 0 aliphatic carbocycles. The number of amides is 1. The van der Waals surface area contributed by atoms with Gasteiger partial charge >= 0.3 is 0 Å². The van der Waals surface area contributed by atoms with Gasteiger partial charge in [0.1, 0.15) is 11.5 Å². The molecule has 0 saturated carbocycles. The van der Waals surface area contributed by atoms with Crippen LogP contribution in [0, 0.1) is 0 Å². The van der Waals surface area contributed by atoms with Gasteiger partial charge in [-0.2, -0.15) is 5.10 Å². The van der Waals surface area contributed by atoms with Crippen LogP contribution < -0.4 is 10.2 Å². The highest BCUT2D eigenvalue weighted by molar-refractivity contribution is 9.10. The van der Waals surface area contributed by atoms with Crippen molar-refractivity contribution < 1.29 is 14.6 Å². The zero-order chi connectivity index (χ0) is 16.1. The smallest absolute Gasteiger partial charge is 0.271 e. The molecular weight excluding hydrogens is 348 g/mol. The summed E-state index contributed by atoms with van der Waals surface area (Å²) in [5, 5.41) is 13.3. The van der Waals surface area contributed by atoms with Crippen molar-refractivity contribution in [2.45, 2.75) is 6.92 Å². The summed E-state index contributed by atoms with van der Waals surface area (Å²) in [4.78, 5) is 12.1. The molecule has 0 aromatic heterocycles. The molecule has 0 heterocycles. The molecule has 0 saturated heterocycles. The molecule has 22 heavy (non-hydrogen) atoms. The Morgan fingerprint density at radius 3 is 2.41 bits per heavy atom. The fourth-order valence-corrected chi connectivity index (χ4v) is 2.31. The van der Waals surface area contributed by atoms with E-state index in [0.717, 1.165) is 5.56 Å². The predicted molar refractivity (Wildman–Crippen MR) is 88.5 cm³/mol. The van der Waals surface area contributed by atoms with Crippen molar-refractivity contribution in [2.24, 2.45) is 5.10 Å². The average molecular weight is 363 g/mol. The van der Waals surface area contributed by atoms with E-state index in [1.54, 1.807) is 56.5 Å². The summed E-state index contributed by atoms with van der Waals surface area (Å²) in [6, 6.07) is 11.6. The first-order valence-corrected chi connectivity index (χ1v) is 7.28. The summed E-state index contributed by atoms with van der Waals surface area (Å²) in [7, 11) is 1.56. The summed E-state index contributed by atoms with van der Waals surface area (Å²) < 4.78 is 5.82. The maximum atomic E-state index is 12.1. The number of phenols is 1. The number of carbonyl (C=O) groups is 1. The summed E-state index contributed by atoms with van der Waals surface area (Å²) >= 11 is 3.33. The summed E-state index contributed by atoms with van der Waals surface area (Å²) in [5.74, 6) is 0.519. The molecule has 2 aromatic carbocycles. The van der Waals surface area contributed by atoms with Gasteiger partial charge in [-0.15, -0.1) is 0 Å². The lowest BCUT2D eigenvalue weighted by atomic mass is 10.1. The number of phenolic OH excluding ortho intramolecular Hbond substituents is 1. The van der Waals surface area contributed by atoms with Crippen LogP contribution in [0.1, 0.15) is 22.8 Å². The normalized spacial score (nSPS) is 11.1. The molecular formula is C16H15BrN2O3. The van der Waals surface area contributed by atoms with Crippen LogP contribution in [0.15, 0.2) is 52.0 Å². The number of carbonyl (C=O) groups excluding carboxylic acids is 1. The number of hydrazone groups is 1. The highest BCUT2D eigenvalue weighted by Gasteiger charge is 2.08.